The third kappa shape index (κ3) is 3.79. The lowest BCUT2D eigenvalue weighted by molar-refractivity contribution is -0.385. The maximum Gasteiger partial charge on any atom is 0.338 e. The van der Waals surface area contributed by atoms with Crippen LogP contribution in [0.5, 0.6) is 0 Å². The van der Waals surface area contributed by atoms with Gasteiger partial charge in [-0.15, -0.1) is 0 Å². The van der Waals surface area contributed by atoms with E-state index in [-0.39, 0.29) is 17.9 Å². The van der Waals surface area contributed by atoms with Crippen molar-refractivity contribution in [1.82, 2.24) is 0 Å². The van der Waals surface area contributed by atoms with E-state index in [0.717, 1.165) is 5.56 Å². The second kappa shape index (κ2) is 6.37. The highest BCUT2D eigenvalue weighted by Gasteiger charge is 2.14. The largest absolute Gasteiger partial charge is 0.457 e. The number of hydrogen-bond acceptors (Lipinski definition) is 4. The van der Waals surface area contributed by atoms with Gasteiger partial charge in [0.05, 0.1) is 10.5 Å². The molecule has 2 aromatic rings. The molecule has 5 nitrogen and oxygen atoms in total. The highest BCUT2D eigenvalue weighted by Crippen LogP contribution is 2.19. The van der Waals surface area contributed by atoms with Gasteiger partial charge in [-0.25, -0.2) is 4.79 Å². The van der Waals surface area contributed by atoms with E-state index >= 15 is 0 Å². The van der Waals surface area contributed by atoms with Gasteiger partial charge in [-0.2, -0.15) is 0 Å². The molecule has 0 bridgehead atoms. The summed E-state index contributed by atoms with van der Waals surface area (Å²) in [6.07, 6.45) is 0. The van der Waals surface area contributed by atoms with Crippen LogP contribution in [0.3, 0.4) is 0 Å². The molecule has 0 amide bonds. The summed E-state index contributed by atoms with van der Waals surface area (Å²) in [6, 6.07) is 11.1. The molecule has 21 heavy (non-hydrogen) atoms. The molecule has 0 N–H and O–H groups in total. The average Bonchev–Trinajstić information content (AvgIpc) is 2.44. The third-order valence-electron chi connectivity index (χ3n) is 2.89. The summed E-state index contributed by atoms with van der Waals surface area (Å²) in [4.78, 5) is 22.1. The van der Waals surface area contributed by atoms with Gasteiger partial charge in [-0.05, 0) is 36.8 Å². The Labute approximate surface area is 126 Å². The monoisotopic (exact) mass is 305 g/mol. The number of halogens is 1. The Hall–Kier alpha value is -2.40. The molecule has 6 heteroatoms. The number of ether oxygens (including phenoxy) is 1. The van der Waals surface area contributed by atoms with Gasteiger partial charge in [-0.3, -0.25) is 10.1 Å². The topological polar surface area (TPSA) is 69.4 Å². The fraction of sp³-hybridized carbons (Fsp3) is 0.133. The van der Waals surface area contributed by atoms with Gasteiger partial charge in [0.15, 0.2) is 0 Å². The van der Waals surface area contributed by atoms with E-state index in [1.54, 1.807) is 31.2 Å². The summed E-state index contributed by atoms with van der Waals surface area (Å²) in [6.45, 7) is 1.67. The van der Waals surface area contributed by atoms with Crippen molar-refractivity contribution in [3.63, 3.8) is 0 Å². The molecule has 2 rings (SSSR count). The molecule has 0 fully saturated rings. The standard InChI is InChI=1S/C15H12ClNO4/c1-10-7-12(5-6-14(10)17(19)20)15(18)21-9-11-3-2-4-13(16)8-11/h2-8H,9H2,1H3. The Morgan fingerprint density at radius 1 is 1.29 bits per heavy atom. The van der Waals surface area contributed by atoms with Crippen LogP contribution in [0.4, 0.5) is 5.69 Å². The highest BCUT2D eigenvalue weighted by atomic mass is 35.5. The molecule has 0 aromatic heterocycles. The van der Waals surface area contributed by atoms with E-state index in [9.17, 15) is 14.9 Å². The Morgan fingerprint density at radius 3 is 2.67 bits per heavy atom. The van der Waals surface area contributed by atoms with Crippen LogP contribution in [0.1, 0.15) is 21.5 Å². The highest BCUT2D eigenvalue weighted by molar-refractivity contribution is 6.30. The summed E-state index contributed by atoms with van der Waals surface area (Å²) in [5.74, 6) is -0.534. The third-order valence-corrected chi connectivity index (χ3v) is 3.12. The molecule has 0 saturated heterocycles. The predicted molar refractivity (Wildman–Crippen MR) is 78.4 cm³/mol. The zero-order valence-corrected chi connectivity index (χ0v) is 12.0. The number of aryl methyl sites for hydroxylation is 1. The molecule has 0 unspecified atom stereocenters. The molecule has 0 saturated carbocycles. The molecule has 0 aliphatic carbocycles. The second-order valence-corrected chi connectivity index (χ2v) is 4.90. The maximum atomic E-state index is 11.9. The molecule has 0 atom stereocenters. The zero-order chi connectivity index (χ0) is 15.4. The lowest BCUT2D eigenvalue weighted by Crippen LogP contribution is -2.06. The Morgan fingerprint density at radius 2 is 2.05 bits per heavy atom. The number of hydrogen-bond donors (Lipinski definition) is 0. The van der Waals surface area contributed by atoms with Gasteiger partial charge in [0.25, 0.3) is 5.69 Å². The van der Waals surface area contributed by atoms with Gasteiger partial charge >= 0.3 is 5.97 Å². The molecule has 0 heterocycles. The number of nitrogens with zero attached hydrogens (tertiary/aromatic N) is 1. The van der Waals surface area contributed by atoms with Crippen LogP contribution >= 0.6 is 11.6 Å². The van der Waals surface area contributed by atoms with E-state index in [1.807, 2.05) is 0 Å². The molecule has 0 radical (unpaired) electrons. The van der Waals surface area contributed by atoms with E-state index < -0.39 is 10.9 Å². The van der Waals surface area contributed by atoms with Crippen LogP contribution in [0.15, 0.2) is 42.5 Å². The van der Waals surface area contributed by atoms with Crippen LogP contribution in [0.2, 0.25) is 5.02 Å². The predicted octanol–water partition coefficient (Wildman–Crippen LogP) is 3.91. The first kappa shape index (κ1) is 15.0. The molecule has 2 aromatic carbocycles. The number of benzene rings is 2. The molecule has 108 valence electrons. The quantitative estimate of drug-likeness (QED) is 0.488. The van der Waals surface area contributed by atoms with Crippen LogP contribution in [0.25, 0.3) is 0 Å². The molecule has 0 spiro atoms. The first-order valence-corrected chi connectivity index (χ1v) is 6.52. The van der Waals surface area contributed by atoms with Crippen LogP contribution in [-0.2, 0) is 11.3 Å². The maximum absolute atomic E-state index is 11.9. The minimum Gasteiger partial charge on any atom is -0.457 e. The van der Waals surface area contributed by atoms with Gasteiger partial charge in [0.1, 0.15) is 6.61 Å². The Balaban J connectivity index is 2.07. The van der Waals surface area contributed by atoms with Crippen LogP contribution < -0.4 is 0 Å². The van der Waals surface area contributed by atoms with E-state index in [4.69, 9.17) is 16.3 Å². The second-order valence-electron chi connectivity index (χ2n) is 4.46. The summed E-state index contributed by atoms with van der Waals surface area (Å²) in [5, 5.41) is 11.3. The number of carbonyl (C=O) groups excluding carboxylic acids is 1. The van der Waals surface area contributed by atoms with Crippen molar-refractivity contribution < 1.29 is 14.5 Å². The lowest BCUT2D eigenvalue weighted by Gasteiger charge is -2.06. The smallest absolute Gasteiger partial charge is 0.338 e. The first-order valence-electron chi connectivity index (χ1n) is 6.14. The van der Waals surface area contributed by atoms with Crippen LogP contribution in [0, 0.1) is 17.0 Å². The number of carbonyl (C=O) groups is 1. The number of nitro groups is 1. The lowest BCUT2D eigenvalue weighted by atomic mass is 10.1. The van der Waals surface area contributed by atoms with Gasteiger partial charge in [0, 0.05) is 16.7 Å². The normalized spacial score (nSPS) is 10.2. The van der Waals surface area contributed by atoms with Crippen molar-refractivity contribution in [3.8, 4) is 0 Å². The summed E-state index contributed by atoms with van der Waals surface area (Å²) >= 11 is 5.84. The van der Waals surface area contributed by atoms with Crippen molar-refractivity contribution in [3.05, 3.63) is 74.3 Å². The van der Waals surface area contributed by atoms with E-state index in [0.29, 0.717) is 10.6 Å². The fourth-order valence-corrected chi connectivity index (χ4v) is 2.06. The fourth-order valence-electron chi connectivity index (χ4n) is 1.85. The number of nitro benzene ring substituents is 1. The van der Waals surface area contributed by atoms with Crippen molar-refractivity contribution in [2.75, 3.05) is 0 Å². The summed E-state index contributed by atoms with van der Waals surface area (Å²) in [7, 11) is 0. The van der Waals surface area contributed by atoms with Gasteiger partial charge in [-0.1, -0.05) is 23.7 Å². The summed E-state index contributed by atoms with van der Waals surface area (Å²) in [5.41, 5.74) is 1.44. The minimum absolute atomic E-state index is 0.0265. The molecule has 0 aliphatic rings. The minimum atomic E-state index is -0.534. The molecular formula is C15H12ClNO4. The van der Waals surface area contributed by atoms with Crippen LogP contribution in [-0.4, -0.2) is 10.9 Å². The first-order chi connectivity index (χ1) is 9.97. The number of rotatable bonds is 4. The van der Waals surface area contributed by atoms with Gasteiger partial charge in [0.2, 0.25) is 0 Å². The van der Waals surface area contributed by atoms with Crippen molar-refractivity contribution in [2.45, 2.75) is 13.5 Å². The van der Waals surface area contributed by atoms with Crippen molar-refractivity contribution >= 4 is 23.3 Å². The average molecular weight is 306 g/mol. The van der Waals surface area contributed by atoms with Gasteiger partial charge < -0.3 is 4.74 Å². The SMILES string of the molecule is Cc1cc(C(=O)OCc2cccc(Cl)c2)ccc1[N+](=O)[O-]. The van der Waals surface area contributed by atoms with E-state index in [2.05, 4.69) is 0 Å². The molecular weight excluding hydrogens is 294 g/mol. The Bertz CT molecular complexity index is 700. The summed E-state index contributed by atoms with van der Waals surface area (Å²) < 4.78 is 5.16. The number of esters is 1. The van der Waals surface area contributed by atoms with E-state index in [1.165, 1.54) is 18.2 Å². The van der Waals surface area contributed by atoms with Crippen molar-refractivity contribution in [1.29, 1.82) is 0 Å². The van der Waals surface area contributed by atoms with Crippen molar-refractivity contribution in [2.24, 2.45) is 0 Å². The Kier molecular flexibility index (Phi) is 4.55. The zero-order valence-electron chi connectivity index (χ0n) is 11.2. The molecule has 0 aliphatic heterocycles.